The molecule has 2 aromatic carbocycles. The molecule has 0 amide bonds. The standard InChI is InChI=1S/C22H21NP/c1-14-6-9-16(10-7-14)20-13-23-22(18-5-3-4-17(18)20)19-11-8-15(2)12-21(19)24-23/h6-13,24H,3-5H2,1-2H3/q+1. The van der Waals surface area contributed by atoms with Gasteiger partial charge in [-0.1, -0.05) is 35.9 Å². The first-order valence-corrected chi connectivity index (χ1v) is 9.71. The van der Waals surface area contributed by atoms with Crippen molar-refractivity contribution in [2.24, 2.45) is 0 Å². The summed E-state index contributed by atoms with van der Waals surface area (Å²) in [5.74, 6) is 0. The Morgan fingerprint density at radius 2 is 1.62 bits per heavy atom. The second-order valence-corrected chi connectivity index (χ2v) is 8.34. The van der Waals surface area contributed by atoms with Gasteiger partial charge in [0, 0.05) is 11.1 Å². The minimum atomic E-state index is 0.726. The summed E-state index contributed by atoms with van der Waals surface area (Å²) in [6.45, 7) is 4.35. The number of pyridine rings is 1. The van der Waals surface area contributed by atoms with Gasteiger partial charge in [0.15, 0.2) is 6.20 Å². The maximum Gasteiger partial charge on any atom is 0.223 e. The zero-order valence-corrected chi connectivity index (χ0v) is 15.2. The predicted octanol–water partition coefficient (Wildman–Crippen LogP) is 5.38. The molecule has 0 spiro atoms. The summed E-state index contributed by atoms with van der Waals surface area (Å²) < 4.78 is 2.52. The molecular weight excluding hydrogens is 309 g/mol. The van der Waals surface area contributed by atoms with Crippen LogP contribution in [0, 0.1) is 13.8 Å². The first-order valence-electron chi connectivity index (χ1n) is 8.76. The average Bonchev–Trinajstić information content (AvgIpc) is 3.17. The van der Waals surface area contributed by atoms with E-state index in [1.165, 1.54) is 57.5 Å². The fourth-order valence-electron chi connectivity index (χ4n) is 4.17. The minimum Gasteiger partial charge on any atom is -0.159 e. The van der Waals surface area contributed by atoms with E-state index >= 15 is 0 Å². The van der Waals surface area contributed by atoms with Crippen LogP contribution in [-0.2, 0) is 12.8 Å². The second kappa shape index (κ2) is 5.19. The summed E-state index contributed by atoms with van der Waals surface area (Å²) in [6.07, 6.45) is 6.15. The van der Waals surface area contributed by atoms with Crippen LogP contribution in [0.3, 0.4) is 0 Å². The average molecular weight is 330 g/mol. The Labute approximate surface area is 144 Å². The number of aryl methyl sites for hydroxylation is 3. The van der Waals surface area contributed by atoms with Crippen LogP contribution in [0.1, 0.15) is 28.7 Å². The second-order valence-electron chi connectivity index (χ2n) is 7.10. The van der Waals surface area contributed by atoms with E-state index in [4.69, 9.17) is 0 Å². The number of aromatic nitrogens is 1. The lowest BCUT2D eigenvalue weighted by molar-refractivity contribution is -0.427. The lowest BCUT2D eigenvalue weighted by Crippen LogP contribution is -2.16. The maximum absolute atomic E-state index is 2.52. The van der Waals surface area contributed by atoms with Crippen molar-refractivity contribution < 1.29 is 4.16 Å². The van der Waals surface area contributed by atoms with Crippen molar-refractivity contribution in [1.82, 2.24) is 0 Å². The van der Waals surface area contributed by atoms with Gasteiger partial charge in [-0.25, -0.2) is 0 Å². The van der Waals surface area contributed by atoms with E-state index in [2.05, 4.69) is 66.7 Å². The number of hydrogen-bond acceptors (Lipinski definition) is 0. The first-order chi connectivity index (χ1) is 11.7. The Morgan fingerprint density at radius 3 is 2.46 bits per heavy atom. The zero-order valence-electron chi connectivity index (χ0n) is 14.2. The Morgan fingerprint density at radius 1 is 0.875 bits per heavy atom. The molecule has 4 aromatic rings. The zero-order chi connectivity index (χ0) is 16.3. The van der Waals surface area contributed by atoms with Gasteiger partial charge in [-0.05, 0) is 61.9 Å². The molecule has 1 atom stereocenters. The Kier molecular flexibility index (Phi) is 3.08. The molecule has 2 heteroatoms. The van der Waals surface area contributed by atoms with Gasteiger partial charge in [0.2, 0.25) is 5.52 Å². The molecule has 24 heavy (non-hydrogen) atoms. The van der Waals surface area contributed by atoms with Crippen molar-refractivity contribution in [2.45, 2.75) is 33.1 Å². The van der Waals surface area contributed by atoms with E-state index in [0.29, 0.717) is 0 Å². The lowest BCUT2D eigenvalue weighted by atomic mass is 9.97. The third-order valence-corrected chi connectivity index (χ3v) is 6.61. The molecule has 0 saturated carbocycles. The van der Waals surface area contributed by atoms with E-state index in [1.54, 1.807) is 11.1 Å². The molecule has 0 saturated heterocycles. The van der Waals surface area contributed by atoms with Crippen LogP contribution in [0.25, 0.3) is 27.1 Å². The molecule has 1 unspecified atom stereocenters. The largest absolute Gasteiger partial charge is 0.223 e. The molecular formula is C22H21NP+. The molecule has 1 aliphatic rings. The highest BCUT2D eigenvalue weighted by molar-refractivity contribution is 7.29. The molecule has 5 rings (SSSR count). The number of nitrogens with zero attached hydrogens (tertiary/aromatic N) is 1. The normalized spacial score (nSPS) is 14.1. The van der Waals surface area contributed by atoms with Gasteiger partial charge in [0.1, 0.15) is 8.35 Å². The maximum atomic E-state index is 2.52. The molecule has 2 aromatic heterocycles. The summed E-state index contributed by atoms with van der Waals surface area (Å²) in [7, 11) is 0.726. The highest BCUT2D eigenvalue weighted by Gasteiger charge is 2.26. The van der Waals surface area contributed by atoms with Crippen molar-refractivity contribution in [1.29, 1.82) is 0 Å². The Hall–Kier alpha value is -2.11. The Balaban J connectivity index is 1.87. The van der Waals surface area contributed by atoms with E-state index in [-0.39, 0.29) is 0 Å². The van der Waals surface area contributed by atoms with Gasteiger partial charge < -0.3 is 0 Å². The fourth-order valence-corrected chi connectivity index (χ4v) is 5.60. The van der Waals surface area contributed by atoms with Crippen LogP contribution < -0.4 is 4.16 Å². The van der Waals surface area contributed by atoms with Crippen LogP contribution in [0.4, 0.5) is 0 Å². The van der Waals surface area contributed by atoms with Crippen molar-refractivity contribution in [3.63, 3.8) is 0 Å². The molecule has 0 radical (unpaired) electrons. The van der Waals surface area contributed by atoms with E-state index in [9.17, 15) is 0 Å². The quantitative estimate of drug-likeness (QED) is 0.441. The summed E-state index contributed by atoms with van der Waals surface area (Å²) >= 11 is 0. The van der Waals surface area contributed by atoms with Gasteiger partial charge in [-0.3, -0.25) is 0 Å². The highest BCUT2D eigenvalue weighted by atomic mass is 31.0. The minimum absolute atomic E-state index is 0.726. The topological polar surface area (TPSA) is 4.10 Å². The van der Waals surface area contributed by atoms with Crippen molar-refractivity contribution >= 4 is 24.4 Å². The first kappa shape index (κ1) is 14.3. The van der Waals surface area contributed by atoms with Crippen LogP contribution in [0.2, 0.25) is 0 Å². The van der Waals surface area contributed by atoms with E-state index < -0.39 is 0 Å². The van der Waals surface area contributed by atoms with Gasteiger partial charge in [-0.15, -0.1) is 0 Å². The van der Waals surface area contributed by atoms with E-state index in [1.807, 2.05) is 0 Å². The molecule has 2 heterocycles. The Bertz CT molecular complexity index is 1090. The molecule has 1 aliphatic carbocycles. The molecule has 0 fully saturated rings. The number of fused-ring (bicyclic) bond motifs is 5. The van der Waals surface area contributed by atoms with Gasteiger partial charge >= 0.3 is 0 Å². The molecule has 0 N–H and O–H groups in total. The van der Waals surface area contributed by atoms with Crippen LogP contribution in [-0.4, -0.2) is 0 Å². The predicted molar refractivity (Wildman–Crippen MR) is 104 cm³/mol. The number of benzene rings is 2. The van der Waals surface area contributed by atoms with E-state index in [0.717, 1.165) is 8.35 Å². The number of rotatable bonds is 1. The van der Waals surface area contributed by atoms with Gasteiger partial charge in [-0.2, -0.15) is 4.16 Å². The number of hydrogen-bond donors (Lipinski definition) is 0. The molecule has 0 bridgehead atoms. The van der Waals surface area contributed by atoms with Gasteiger partial charge in [0.25, 0.3) is 0 Å². The summed E-state index contributed by atoms with van der Waals surface area (Å²) in [6, 6.07) is 16.0. The highest BCUT2D eigenvalue weighted by Crippen LogP contribution is 2.38. The third kappa shape index (κ3) is 2.05. The summed E-state index contributed by atoms with van der Waals surface area (Å²) in [4.78, 5) is 0. The monoisotopic (exact) mass is 330 g/mol. The lowest BCUT2D eigenvalue weighted by Gasteiger charge is -2.07. The van der Waals surface area contributed by atoms with Gasteiger partial charge in [0.05, 0.1) is 10.5 Å². The molecule has 1 nitrogen and oxygen atoms in total. The van der Waals surface area contributed by atoms with Crippen molar-refractivity contribution in [3.8, 4) is 11.1 Å². The SMILES string of the molecule is Cc1ccc(-c2c[n+]3[pH]c4cc(C)ccc4c3c3c2CCC3)cc1. The molecule has 118 valence electrons. The summed E-state index contributed by atoms with van der Waals surface area (Å²) in [5, 5.41) is 2.97. The smallest absolute Gasteiger partial charge is 0.159 e. The van der Waals surface area contributed by atoms with Crippen LogP contribution in [0.15, 0.2) is 48.7 Å². The molecule has 0 aliphatic heterocycles. The third-order valence-electron chi connectivity index (χ3n) is 5.36. The van der Waals surface area contributed by atoms with Crippen LogP contribution in [0.5, 0.6) is 0 Å². The van der Waals surface area contributed by atoms with Crippen molar-refractivity contribution in [2.75, 3.05) is 0 Å². The van der Waals surface area contributed by atoms with Crippen molar-refractivity contribution in [3.05, 3.63) is 70.9 Å². The fraction of sp³-hybridized carbons (Fsp3) is 0.227. The summed E-state index contributed by atoms with van der Waals surface area (Å²) in [5.41, 5.74) is 10.2. The van der Waals surface area contributed by atoms with Crippen LogP contribution >= 0.6 is 8.35 Å².